The number of rotatable bonds is 21. The van der Waals surface area contributed by atoms with E-state index in [-0.39, 0.29) is 71.6 Å². The van der Waals surface area contributed by atoms with Crippen LogP contribution >= 0.6 is 7.14 Å². The average Bonchev–Trinajstić information content (AvgIpc) is 3.96. The Balaban J connectivity index is 0.922. The third kappa shape index (κ3) is 11.0. The van der Waals surface area contributed by atoms with Gasteiger partial charge in [0.15, 0.2) is 33.7 Å². The van der Waals surface area contributed by atoms with Gasteiger partial charge in [0.25, 0.3) is 32.1 Å². The fourth-order valence-electron chi connectivity index (χ4n) is 9.63. The third-order valence-corrected chi connectivity index (χ3v) is 19.0. The number of unbranched alkanes of at least 4 members (excludes halogenated alkanes) is 1. The number of ether oxygens (including phenoxy) is 6. The summed E-state index contributed by atoms with van der Waals surface area (Å²) in [5.74, 6) is 1.12. The molecule has 4 aromatic carbocycles. The summed E-state index contributed by atoms with van der Waals surface area (Å²) in [6.45, 7) is 2.24. The van der Waals surface area contributed by atoms with Crippen molar-refractivity contribution in [1.29, 1.82) is 0 Å². The molecule has 0 saturated carbocycles. The highest BCUT2D eigenvalue weighted by Gasteiger charge is 2.47. The van der Waals surface area contributed by atoms with Gasteiger partial charge in [-0.3, -0.25) is 18.7 Å². The Hall–Kier alpha value is -6.25. The van der Waals surface area contributed by atoms with Crippen LogP contribution in [0.4, 0.5) is 11.4 Å². The Kier molecular flexibility index (Phi) is 15.5. The number of benzene rings is 4. The summed E-state index contributed by atoms with van der Waals surface area (Å²) in [6, 6.07) is 18.2. The van der Waals surface area contributed by atoms with E-state index in [1.54, 1.807) is 50.9 Å². The predicted octanol–water partition coefficient (Wildman–Crippen LogP) is 7.91. The highest BCUT2D eigenvalue weighted by molar-refractivity contribution is 7.86. The molecule has 4 atom stereocenters. The van der Waals surface area contributed by atoms with E-state index >= 15 is 0 Å². The largest absolute Gasteiger partial charge is 0.497 e. The van der Waals surface area contributed by atoms with E-state index in [0.717, 1.165) is 24.0 Å². The number of hydrogen-bond donors (Lipinski definition) is 4. The van der Waals surface area contributed by atoms with Crippen molar-refractivity contribution in [3.63, 3.8) is 0 Å². The van der Waals surface area contributed by atoms with E-state index in [4.69, 9.17) is 28.4 Å². The van der Waals surface area contributed by atoms with E-state index in [9.17, 15) is 40.1 Å². The van der Waals surface area contributed by atoms with Crippen LogP contribution in [0.3, 0.4) is 0 Å². The minimum Gasteiger partial charge on any atom is -0.497 e. The molecule has 0 fully saturated rings. The summed E-state index contributed by atoms with van der Waals surface area (Å²) in [7, 11) is -6.34. The molecule has 72 heavy (non-hydrogen) atoms. The highest BCUT2D eigenvalue weighted by atomic mass is 32.2. The van der Waals surface area contributed by atoms with E-state index in [0.29, 0.717) is 54.0 Å². The highest BCUT2D eigenvalue weighted by Crippen LogP contribution is 2.49. The Morgan fingerprint density at radius 1 is 0.583 bits per heavy atom. The van der Waals surface area contributed by atoms with Crippen LogP contribution < -0.4 is 39.1 Å². The second-order valence-corrected chi connectivity index (χ2v) is 24.5. The van der Waals surface area contributed by atoms with Gasteiger partial charge in [-0.2, -0.15) is 16.8 Å². The predicted molar refractivity (Wildman–Crippen MR) is 272 cm³/mol. The molecule has 0 bridgehead atoms. The van der Waals surface area contributed by atoms with E-state index in [2.05, 4.69) is 10.6 Å². The van der Waals surface area contributed by atoms with Crippen molar-refractivity contribution < 1.29 is 68.5 Å². The number of hydrogen-bond acceptors (Lipinski definition) is 15. The fourth-order valence-corrected chi connectivity index (χ4v) is 14.4. The molecule has 0 aliphatic carbocycles. The van der Waals surface area contributed by atoms with Crippen molar-refractivity contribution in [3.05, 3.63) is 107 Å². The molecule has 19 nitrogen and oxygen atoms in total. The molecule has 2 unspecified atom stereocenters. The van der Waals surface area contributed by atoms with Crippen LogP contribution in [0, 0.1) is 0 Å². The standard InChI is InChI=1S/C50H59N4O15PS2/c1-6-7-20-70(57,21-8-18-68-45-27-39-37(25-43(45)66-4)49(55)53-29-33(31-10-14-35(64-2)15-11-31)23-41(53)47(51-39)71(58,59)60)22-9-19-69-46-28-40-38(26-44(46)67-5)50(56)54-30-34(32-12-16-36(65-3)17-13-32)24-42(54)48(52-40)72(61,62)63/h10-17,25-30,41-42,47-48,51-52H,6-9,18-24H2,1-5H3,(H,58,59,60)(H,61,62,63)/t41-,42-,47?,48?,70?/m0/s1. The Morgan fingerprint density at radius 2 is 0.972 bits per heavy atom. The van der Waals surface area contributed by atoms with Gasteiger partial charge < -0.3 is 53.4 Å². The number of nitrogens with one attached hydrogen (secondary N) is 2. The quantitative estimate of drug-likeness (QED) is 0.0352. The first-order chi connectivity index (χ1) is 34.4. The van der Waals surface area contributed by atoms with Crippen LogP contribution in [0.2, 0.25) is 0 Å². The normalized spacial score (nSPS) is 20.2. The van der Waals surface area contributed by atoms with Crippen molar-refractivity contribution in [2.24, 2.45) is 0 Å². The molecule has 0 spiro atoms. The Bertz CT molecular complexity index is 2840. The van der Waals surface area contributed by atoms with Gasteiger partial charge in [0.05, 0.1) is 83.4 Å². The zero-order valence-electron chi connectivity index (χ0n) is 40.5. The molecular formula is C50H59N4O15PS2. The van der Waals surface area contributed by atoms with Crippen molar-refractivity contribution in [3.8, 4) is 34.5 Å². The third-order valence-electron chi connectivity index (χ3n) is 13.4. The average molecular weight is 1050 g/mol. The van der Waals surface area contributed by atoms with Crippen molar-refractivity contribution in [2.45, 2.75) is 68.3 Å². The number of amides is 2. The van der Waals surface area contributed by atoms with Gasteiger partial charge in [-0.25, -0.2) is 0 Å². The maximum atomic E-state index is 14.5. The number of carbonyl (C=O) groups excluding carboxylic acids is 2. The van der Waals surface area contributed by atoms with Gasteiger partial charge in [0.2, 0.25) is 0 Å². The van der Waals surface area contributed by atoms with Crippen LogP contribution in [0.15, 0.2) is 85.2 Å². The van der Waals surface area contributed by atoms with E-state index < -0.39 is 62.0 Å². The second-order valence-electron chi connectivity index (χ2n) is 18.0. The van der Waals surface area contributed by atoms with Gasteiger partial charge in [-0.05, 0) is 90.8 Å². The van der Waals surface area contributed by atoms with Crippen LogP contribution in [0.25, 0.3) is 11.1 Å². The first-order valence-electron chi connectivity index (χ1n) is 23.5. The smallest absolute Gasteiger partial charge is 0.288 e. The zero-order valence-corrected chi connectivity index (χ0v) is 43.1. The van der Waals surface area contributed by atoms with Gasteiger partial charge in [0, 0.05) is 43.0 Å². The molecule has 4 aliphatic rings. The minimum atomic E-state index is -4.74. The van der Waals surface area contributed by atoms with E-state index in [1.807, 2.05) is 31.2 Å². The molecule has 4 aromatic rings. The Labute approximate surface area is 419 Å². The van der Waals surface area contributed by atoms with E-state index in [1.165, 1.54) is 48.3 Å². The first-order valence-corrected chi connectivity index (χ1v) is 28.7. The molecule has 8 rings (SSSR count). The molecular weight excluding hydrogens is 992 g/mol. The SMILES string of the molecule is CCCCP(=O)(CCCOc1cc2c(cc1OC)C(=O)N1C=C(c3ccc(OC)cc3)C[C@H]1C(S(=O)(=O)O)N2)CCCOc1cc2c(cc1OC)C(=O)N1C=C(c3ccc(OC)cc3)C[C@H]1C(S(=O)(=O)O)N2. The molecule has 0 aromatic heterocycles. The van der Waals surface area contributed by atoms with Crippen molar-refractivity contribution in [1.82, 2.24) is 9.80 Å². The summed E-state index contributed by atoms with van der Waals surface area (Å²) in [4.78, 5) is 30.8. The second kappa shape index (κ2) is 21.5. The topological polar surface area (TPSA) is 246 Å². The summed E-state index contributed by atoms with van der Waals surface area (Å²) in [5, 5.41) is 2.66. The molecule has 4 N–H and O–H groups in total. The molecule has 0 radical (unpaired) electrons. The van der Waals surface area contributed by atoms with Crippen LogP contribution in [0.1, 0.15) is 77.3 Å². The fraction of sp³-hybridized carbons (Fsp3) is 0.400. The molecule has 2 amide bonds. The summed E-state index contributed by atoms with van der Waals surface area (Å²) < 4.78 is 121. The van der Waals surface area contributed by atoms with Crippen LogP contribution in [-0.4, -0.2) is 131 Å². The van der Waals surface area contributed by atoms with Gasteiger partial charge in [0.1, 0.15) is 11.5 Å². The summed E-state index contributed by atoms with van der Waals surface area (Å²) >= 11 is 0. The maximum absolute atomic E-state index is 14.5. The maximum Gasteiger partial charge on any atom is 0.288 e. The molecule has 4 aliphatic heterocycles. The number of carbonyl (C=O) groups is 2. The number of anilines is 2. The van der Waals surface area contributed by atoms with Crippen molar-refractivity contribution >= 4 is 61.7 Å². The number of nitrogens with zero attached hydrogens (tertiary/aromatic N) is 2. The minimum absolute atomic E-state index is 0.111. The van der Waals surface area contributed by atoms with Crippen molar-refractivity contribution in [2.75, 3.05) is 70.8 Å². The van der Waals surface area contributed by atoms with Gasteiger partial charge in [-0.1, -0.05) is 37.6 Å². The molecule has 386 valence electrons. The summed E-state index contributed by atoms with van der Waals surface area (Å²) in [5.41, 5.74) is 3.41. The molecule has 22 heteroatoms. The van der Waals surface area contributed by atoms with Gasteiger partial charge in [-0.15, -0.1) is 0 Å². The van der Waals surface area contributed by atoms with Gasteiger partial charge >= 0.3 is 0 Å². The molecule has 4 heterocycles. The lowest BCUT2D eigenvalue weighted by Crippen LogP contribution is -2.46. The number of fused-ring (bicyclic) bond motifs is 4. The lowest BCUT2D eigenvalue weighted by atomic mass is 10.0. The lowest BCUT2D eigenvalue weighted by molar-refractivity contribution is 0.0782. The monoisotopic (exact) mass is 1050 g/mol. The number of methoxy groups -OCH3 is 4. The summed E-state index contributed by atoms with van der Waals surface area (Å²) in [6.07, 6.45) is 7.01. The lowest BCUT2D eigenvalue weighted by Gasteiger charge is -2.26. The Morgan fingerprint density at radius 3 is 1.32 bits per heavy atom. The van der Waals surface area contributed by atoms with Crippen LogP contribution in [-0.2, 0) is 24.8 Å². The first kappa shape index (κ1) is 52.1. The molecule has 0 saturated heterocycles. The van der Waals surface area contributed by atoms with Crippen LogP contribution in [0.5, 0.6) is 34.5 Å². The zero-order chi connectivity index (χ0) is 51.5.